The van der Waals surface area contributed by atoms with Crippen LogP contribution in [0.5, 0.6) is 0 Å². The molecule has 0 aliphatic carbocycles. The van der Waals surface area contributed by atoms with Crippen LogP contribution in [0.15, 0.2) is 24.3 Å². The van der Waals surface area contributed by atoms with Crippen molar-refractivity contribution < 1.29 is 9.53 Å². The molecular weight excluding hydrogens is 304 g/mol. The van der Waals surface area contributed by atoms with E-state index in [0.717, 1.165) is 38.4 Å². The van der Waals surface area contributed by atoms with Gasteiger partial charge in [-0.05, 0) is 29.8 Å². The number of ether oxygens (including phenoxy) is 1. The zero-order valence-corrected chi connectivity index (χ0v) is 13.3. The fourth-order valence-corrected chi connectivity index (χ4v) is 2.12. The second-order valence-corrected chi connectivity index (χ2v) is 4.97. The lowest BCUT2D eigenvalue weighted by Gasteiger charge is -2.26. The van der Waals surface area contributed by atoms with Crippen LogP contribution in [0.3, 0.4) is 0 Å². The van der Waals surface area contributed by atoms with Crippen LogP contribution in [-0.2, 0) is 9.53 Å². The summed E-state index contributed by atoms with van der Waals surface area (Å²) in [6.07, 6.45) is 3.15. The number of nitrogens with zero attached hydrogens (tertiary/aromatic N) is 1. The van der Waals surface area contributed by atoms with Gasteiger partial charge in [0.25, 0.3) is 0 Å². The van der Waals surface area contributed by atoms with Crippen molar-refractivity contribution in [1.82, 2.24) is 10.2 Å². The van der Waals surface area contributed by atoms with Crippen molar-refractivity contribution in [2.24, 2.45) is 0 Å². The molecule has 0 bridgehead atoms. The first-order chi connectivity index (χ1) is 10.1. The van der Waals surface area contributed by atoms with Crippen LogP contribution in [-0.4, -0.2) is 50.2 Å². The highest BCUT2D eigenvalue weighted by Crippen LogP contribution is 2.16. The zero-order valence-electron chi connectivity index (χ0n) is 12.5. The summed E-state index contributed by atoms with van der Waals surface area (Å²) >= 11 is 0. The van der Waals surface area contributed by atoms with Crippen molar-refractivity contribution >= 4 is 35.8 Å². The second-order valence-electron chi connectivity index (χ2n) is 4.97. The summed E-state index contributed by atoms with van der Waals surface area (Å²) in [6, 6.07) is 5.20. The monoisotopic (exact) mass is 326 g/mol. The molecule has 1 saturated heterocycles. The minimum atomic E-state index is -0.134. The molecule has 1 aromatic carbocycles. The number of anilines is 2. The summed E-state index contributed by atoms with van der Waals surface area (Å²) in [6.45, 7) is 4.83. The summed E-state index contributed by atoms with van der Waals surface area (Å²) in [7, 11) is 0. The average molecular weight is 327 g/mol. The summed E-state index contributed by atoms with van der Waals surface area (Å²) in [5.74, 6) is -0.134. The molecule has 1 amide bonds. The Balaban J connectivity index is 0.00000242. The topological polar surface area (TPSA) is 93.6 Å². The third-order valence-corrected chi connectivity index (χ3v) is 3.36. The lowest BCUT2D eigenvalue weighted by Crippen LogP contribution is -2.41. The van der Waals surface area contributed by atoms with Gasteiger partial charge < -0.3 is 21.5 Å². The Morgan fingerprint density at radius 3 is 2.77 bits per heavy atom. The van der Waals surface area contributed by atoms with Crippen molar-refractivity contribution in [1.29, 1.82) is 0 Å². The fraction of sp³-hybridized carbons (Fsp3) is 0.400. The highest BCUT2D eigenvalue weighted by molar-refractivity contribution is 5.92. The van der Waals surface area contributed by atoms with Crippen molar-refractivity contribution in [3.63, 3.8) is 0 Å². The standard InChI is InChI=1S/C15H22N4O2.ClH/c16-13-2-3-14(17)12(11-13)1-4-15(20)18-5-6-19-7-9-21-10-8-19;/h1-4,11H,5-10,16-17H2,(H,18,20);1H/b4-1+;. The van der Waals surface area contributed by atoms with Crippen LogP contribution in [0, 0.1) is 0 Å². The molecule has 0 unspecified atom stereocenters. The molecule has 1 aliphatic heterocycles. The normalized spacial score (nSPS) is 15.5. The maximum Gasteiger partial charge on any atom is 0.244 e. The summed E-state index contributed by atoms with van der Waals surface area (Å²) in [4.78, 5) is 14.0. The largest absolute Gasteiger partial charge is 0.399 e. The first kappa shape index (κ1) is 18.3. The van der Waals surface area contributed by atoms with E-state index in [4.69, 9.17) is 16.2 Å². The Bertz CT molecular complexity index is 516. The van der Waals surface area contributed by atoms with Gasteiger partial charge in [-0.25, -0.2) is 0 Å². The predicted molar refractivity (Wildman–Crippen MR) is 91.8 cm³/mol. The lowest BCUT2D eigenvalue weighted by molar-refractivity contribution is -0.116. The van der Waals surface area contributed by atoms with E-state index in [0.29, 0.717) is 17.9 Å². The molecule has 122 valence electrons. The Kier molecular flexibility index (Phi) is 7.73. The first-order valence-corrected chi connectivity index (χ1v) is 7.06. The molecule has 0 saturated carbocycles. The molecular formula is C15H23ClN4O2. The van der Waals surface area contributed by atoms with Gasteiger partial charge in [0.1, 0.15) is 0 Å². The minimum Gasteiger partial charge on any atom is -0.399 e. The van der Waals surface area contributed by atoms with E-state index in [-0.39, 0.29) is 18.3 Å². The van der Waals surface area contributed by atoms with Crippen molar-refractivity contribution in [3.8, 4) is 0 Å². The number of nitrogen functional groups attached to an aromatic ring is 2. The number of rotatable bonds is 5. The molecule has 0 spiro atoms. The number of benzene rings is 1. The molecule has 1 aliphatic rings. The number of carbonyl (C=O) groups excluding carboxylic acids is 1. The number of hydrogen-bond donors (Lipinski definition) is 3. The molecule has 22 heavy (non-hydrogen) atoms. The molecule has 0 radical (unpaired) electrons. The van der Waals surface area contributed by atoms with Gasteiger partial charge >= 0.3 is 0 Å². The van der Waals surface area contributed by atoms with Crippen molar-refractivity contribution in [2.45, 2.75) is 0 Å². The molecule has 1 heterocycles. The molecule has 5 N–H and O–H groups in total. The van der Waals surface area contributed by atoms with E-state index in [1.165, 1.54) is 6.08 Å². The first-order valence-electron chi connectivity index (χ1n) is 7.06. The van der Waals surface area contributed by atoms with Gasteiger partial charge in [-0.2, -0.15) is 0 Å². The number of nitrogens with one attached hydrogen (secondary N) is 1. The Morgan fingerprint density at radius 1 is 1.32 bits per heavy atom. The third kappa shape index (κ3) is 5.93. The quantitative estimate of drug-likeness (QED) is 0.548. The number of morpholine rings is 1. The SMILES string of the molecule is Cl.Nc1ccc(N)c(/C=C/C(=O)NCCN2CCOCC2)c1. The van der Waals surface area contributed by atoms with E-state index in [2.05, 4.69) is 10.2 Å². The van der Waals surface area contributed by atoms with Gasteiger partial charge in [-0.15, -0.1) is 12.4 Å². The predicted octanol–water partition coefficient (Wildman–Crippen LogP) is 0.734. The van der Waals surface area contributed by atoms with Crippen LogP contribution < -0.4 is 16.8 Å². The summed E-state index contributed by atoms with van der Waals surface area (Å²) in [5, 5.41) is 2.85. The van der Waals surface area contributed by atoms with Crippen LogP contribution in [0.4, 0.5) is 11.4 Å². The Morgan fingerprint density at radius 2 is 2.05 bits per heavy atom. The maximum atomic E-state index is 11.7. The van der Waals surface area contributed by atoms with Crippen molar-refractivity contribution in [2.75, 3.05) is 50.9 Å². The highest BCUT2D eigenvalue weighted by atomic mass is 35.5. The van der Waals surface area contributed by atoms with Crippen molar-refractivity contribution in [3.05, 3.63) is 29.8 Å². The number of nitrogens with two attached hydrogens (primary N) is 2. The molecule has 1 fully saturated rings. The number of halogens is 1. The average Bonchev–Trinajstić information content (AvgIpc) is 2.49. The van der Waals surface area contributed by atoms with E-state index in [1.807, 2.05) is 0 Å². The zero-order chi connectivity index (χ0) is 15.1. The number of carbonyl (C=O) groups is 1. The van der Waals surface area contributed by atoms with Gasteiger partial charge in [-0.1, -0.05) is 0 Å². The van der Waals surface area contributed by atoms with E-state index in [9.17, 15) is 4.79 Å². The summed E-state index contributed by atoms with van der Waals surface area (Å²) < 4.78 is 5.27. The molecule has 2 rings (SSSR count). The number of hydrogen-bond acceptors (Lipinski definition) is 5. The van der Waals surface area contributed by atoms with E-state index < -0.39 is 0 Å². The molecule has 6 nitrogen and oxygen atoms in total. The maximum absolute atomic E-state index is 11.7. The fourth-order valence-electron chi connectivity index (χ4n) is 2.12. The van der Waals surface area contributed by atoms with Gasteiger partial charge in [0.2, 0.25) is 5.91 Å². The van der Waals surface area contributed by atoms with Crippen LogP contribution in [0.2, 0.25) is 0 Å². The summed E-state index contributed by atoms with van der Waals surface area (Å²) in [5.41, 5.74) is 13.5. The van der Waals surface area contributed by atoms with Crippen LogP contribution >= 0.6 is 12.4 Å². The molecule has 0 aromatic heterocycles. The van der Waals surface area contributed by atoms with E-state index >= 15 is 0 Å². The molecule has 1 aromatic rings. The minimum absolute atomic E-state index is 0. The van der Waals surface area contributed by atoms with Crippen LogP contribution in [0.25, 0.3) is 6.08 Å². The molecule has 0 atom stereocenters. The third-order valence-electron chi connectivity index (χ3n) is 3.36. The molecule has 7 heteroatoms. The van der Waals surface area contributed by atoms with Gasteiger partial charge in [0.15, 0.2) is 0 Å². The number of amides is 1. The Hall–Kier alpha value is -1.76. The Labute approximate surface area is 136 Å². The smallest absolute Gasteiger partial charge is 0.244 e. The lowest BCUT2D eigenvalue weighted by atomic mass is 10.1. The van der Waals surface area contributed by atoms with Gasteiger partial charge in [0, 0.05) is 43.6 Å². The van der Waals surface area contributed by atoms with Gasteiger partial charge in [-0.3, -0.25) is 9.69 Å². The van der Waals surface area contributed by atoms with E-state index in [1.54, 1.807) is 24.3 Å². The second kappa shape index (κ2) is 9.30. The van der Waals surface area contributed by atoms with Crippen LogP contribution in [0.1, 0.15) is 5.56 Å². The van der Waals surface area contributed by atoms with Gasteiger partial charge in [0.05, 0.1) is 13.2 Å². The highest BCUT2D eigenvalue weighted by Gasteiger charge is 2.09.